The molecule has 2 fully saturated rings. The number of piperidine rings is 1. The number of nitriles is 1. The van der Waals surface area contributed by atoms with Crippen molar-refractivity contribution in [2.75, 3.05) is 19.6 Å². The molecule has 2 aliphatic heterocycles. The molecule has 6 heteroatoms. The Bertz CT molecular complexity index is 714. The van der Waals surface area contributed by atoms with Crippen LogP contribution >= 0.6 is 0 Å². The van der Waals surface area contributed by atoms with Gasteiger partial charge >= 0.3 is 6.03 Å². The van der Waals surface area contributed by atoms with E-state index in [4.69, 9.17) is 0 Å². The average molecular weight is 324 g/mol. The molecule has 2 aliphatic rings. The SMILES string of the molecule is C=CCN1CCC2(CC1)NC(=O)N(Cc1ccccc1C#N)C2=O. The fourth-order valence-electron chi connectivity index (χ4n) is 3.40. The zero-order valence-electron chi connectivity index (χ0n) is 13.5. The number of carbonyl (C=O) groups is 2. The fourth-order valence-corrected chi connectivity index (χ4v) is 3.40. The third kappa shape index (κ3) is 2.79. The predicted molar refractivity (Wildman–Crippen MR) is 88.8 cm³/mol. The van der Waals surface area contributed by atoms with Crippen LogP contribution in [0.4, 0.5) is 4.79 Å². The molecule has 0 aromatic heterocycles. The minimum atomic E-state index is -0.795. The maximum Gasteiger partial charge on any atom is 0.325 e. The summed E-state index contributed by atoms with van der Waals surface area (Å²) < 4.78 is 0. The molecule has 24 heavy (non-hydrogen) atoms. The van der Waals surface area contributed by atoms with Crippen molar-refractivity contribution in [1.82, 2.24) is 15.1 Å². The largest absolute Gasteiger partial charge is 0.325 e. The number of imide groups is 1. The molecule has 0 saturated carbocycles. The first-order chi connectivity index (χ1) is 11.6. The summed E-state index contributed by atoms with van der Waals surface area (Å²) >= 11 is 0. The van der Waals surface area contributed by atoms with Gasteiger partial charge in [-0.1, -0.05) is 24.3 Å². The van der Waals surface area contributed by atoms with Crippen LogP contribution in [0.2, 0.25) is 0 Å². The molecule has 1 aromatic rings. The summed E-state index contributed by atoms with van der Waals surface area (Å²) in [4.78, 5) is 28.7. The fraction of sp³-hybridized carbons (Fsp3) is 0.389. The van der Waals surface area contributed by atoms with Crippen LogP contribution in [0.1, 0.15) is 24.0 Å². The van der Waals surface area contributed by atoms with E-state index < -0.39 is 5.54 Å². The normalized spacial score (nSPS) is 20.0. The van der Waals surface area contributed by atoms with Gasteiger partial charge in [0.1, 0.15) is 5.54 Å². The first-order valence-corrected chi connectivity index (χ1v) is 8.05. The van der Waals surface area contributed by atoms with Crippen molar-refractivity contribution >= 4 is 11.9 Å². The predicted octanol–water partition coefficient (Wildman–Crippen LogP) is 1.63. The molecular weight excluding hydrogens is 304 g/mol. The summed E-state index contributed by atoms with van der Waals surface area (Å²) in [6.45, 7) is 6.16. The van der Waals surface area contributed by atoms with E-state index in [1.54, 1.807) is 24.3 Å². The van der Waals surface area contributed by atoms with Crippen LogP contribution in [-0.2, 0) is 11.3 Å². The first kappa shape index (κ1) is 16.2. The molecular formula is C18H20N4O2. The van der Waals surface area contributed by atoms with E-state index in [9.17, 15) is 14.9 Å². The molecule has 0 bridgehead atoms. The lowest BCUT2D eigenvalue weighted by atomic mass is 9.87. The quantitative estimate of drug-likeness (QED) is 0.674. The van der Waals surface area contributed by atoms with Crippen molar-refractivity contribution in [2.24, 2.45) is 0 Å². The number of nitrogens with zero attached hydrogens (tertiary/aromatic N) is 3. The lowest BCUT2D eigenvalue weighted by Crippen LogP contribution is -2.54. The Morgan fingerprint density at radius 2 is 2.00 bits per heavy atom. The van der Waals surface area contributed by atoms with Gasteiger partial charge in [-0.05, 0) is 24.5 Å². The van der Waals surface area contributed by atoms with E-state index in [1.165, 1.54) is 4.90 Å². The Labute approximate surface area is 141 Å². The van der Waals surface area contributed by atoms with E-state index in [2.05, 4.69) is 22.9 Å². The van der Waals surface area contributed by atoms with Crippen LogP contribution in [0.5, 0.6) is 0 Å². The second-order valence-corrected chi connectivity index (χ2v) is 6.26. The molecule has 0 radical (unpaired) electrons. The van der Waals surface area contributed by atoms with Crippen LogP contribution in [0, 0.1) is 11.3 Å². The second kappa shape index (κ2) is 6.46. The maximum absolute atomic E-state index is 12.9. The Kier molecular flexibility index (Phi) is 4.36. The highest BCUT2D eigenvalue weighted by Crippen LogP contribution is 2.30. The average Bonchev–Trinajstić information content (AvgIpc) is 2.82. The van der Waals surface area contributed by atoms with Crippen LogP contribution in [0.3, 0.4) is 0 Å². The van der Waals surface area contributed by atoms with E-state index in [0.29, 0.717) is 24.0 Å². The molecule has 0 unspecified atom stereocenters. The Morgan fingerprint density at radius 3 is 2.67 bits per heavy atom. The third-order valence-corrected chi connectivity index (χ3v) is 4.81. The summed E-state index contributed by atoms with van der Waals surface area (Å²) in [6.07, 6.45) is 3.04. The molecule has 0 aliphatic carbocycles. The monoisotopic (exact) mass is 324 g/mol. The molecule has 124 valence electrons. The summed E-state index contributed by atoms with van der Waals surface area (Å²) in [5.74, 6) is -0.182. The minimum Gasteiger partial charge on any atom is -0.323 e. The highest BCUT2D eigenvalue weighted by molar-refractivity contribution is 6.07. The van der Waals surface area contributed by atoms with Crippen molar-refractivity contribution in [3.63, 3.8) is 0 Å². The zero-order valence-corrected chi connectivity index (χ0v) is 13.5. The number of carbonyl (C=O) groups excluding carboxylic acids is 2. The van der Waals surface area contributed by atoms with Gasteiger partial charge in [0.25, 0.3) is 5.91 Å². The standard InChI is InChI=1S/C18H20N4O2/c1-2-9-21-10-7-18(8-11-21)16(23)22(17(24)20-18)13-15-6-4-3-5-14(15)12-19/h2-6H,1,7-11,13H2,(H,20,24). The smallest absolute Gasteiger partial charge is 0.323 e. The number of nitrogens with one attached hydrogen (secondary N) is 1. The number of hydrogen-bond acceptors (Lipinski definition) is 4. The molecule has 2 saturated heterocycles. The second-order valence-electron chi connectivity index (χ2n) is 6.26. The van der Waals surface area contributed by atoms with E-state index in [0.717, 1.165) is 19.6 Å². The van der Waals surface area contributed by atoms with Crippen LogP contribution < -0.4 is 5.32 Å². The highest BCUT2D eigenvalue weighted by Gasteiger charge is 2.52. The van der Waals surface area contributed by atoms with Gasteiger partial charge in [0.15, 0.2) is 0 Å². The summed E-state index contributed by atoms with van der Waals surface area (Å²) in [6, 6.07) is 8.77. The van der Waals surface area contributed by atoms with Crippen LogP contribution in [-0.4, -0.2) is 46.9 Å². The molecule has 1 spiro atoms. The number of likely N-dealkylation sites (tertiary alicyclic amines) is 1. The van der Waals surface area contributed by atoms with Crippen LogP contribution in [0.25, 0.3) is 0 Å². The molecule has 1 N–H and O–H groups in total. The Morgan fingerprint density at radius 1 is 1.29 bits per heavy atom. The van der Waals surface area contributed by atoms with Gasteiger partial charge in [-0.15, -0.1) is 6.58 Å². The topological polar surface area (TPSA) is 76.4 Å². The first-order valence-electron chi connectivity index (χ1n) is 8.05. The van der Waals surface area contributed by atoms with E-state index in [-0.39, 0.29) is 18.5 Å². The van der Waals surface area contributed by atoms with Crippen molar-refractivity contribution in [2.45, 2.75) is 24.9 Å². The Balaban J connectivity index is 1.76. The number of urea groups is 1. The Hall–Kier alpha value is -2.65. The van der Waals surface area contributed by atoms with Gasteiger partial charge < -0.3 is 5.32 Å². The van der Waals surface area contributed by atoms with Crippen molar-refractivity contribution in [1.29, 1.82) is 5.26 Å². The lowest BCUT2D eigenvalue weighted by molar-refractivity contribution is -0.133. The third-order valence-electron chi connectivity index (χ3n) is 4.81. The molecule has 0 atom stereocenters. The van der Waals surface area contributed by atoms with Gasteiger partial charge in [-0.3, -0.25) is 14.6 Å². The highest BCUT2D eigenvalue weighted by atomic mass is 16.2. The number of hydrogen-bond donors (Lipinski definition) is 1. The van der Waals surface area contributed by atoms with Crippen molar-refractivity contribution in [3.8, 4) is 6.07 Å². The maximum atomic E-state index is 12.9. The van der Waals surface area contributed by atoms with Gasteiger partial charge in [0, 0.05) is 19.6 Å². The lowest BCUT2D eigenvalue weighted by Gasteiger charge is -2.36. The van der Waals surface area contributed by atoms with Crippen LogP contribution in [0.15, 0.2) is 36.9 Å². The zero-order chi connectivity index (χ0) is 17.2. The van der Waals surface area contributed by atoms with Crippen molar-refractivity contribution in [3.05, 3.63) is 48.0 Å². The number of benzene rings is 1. The molecule has 2 heterocycles. The number of amides is 3. The molecule has 1 aromatic carbocycles. The van der Waals surface area contributed by atoms with E-state index >= 15 is 0 Å². The van der Waals surface area contributed by atoms with Gasteiger partial charge in [0.2, 0.25) is 0 Å². The van der Waals surface area contributed by atoms with Gasteiger partial charge in [0.05, 0.1) is 18.2 Å². The number of rotatable bonds is 4. The molecule has 6 nitrogen and oxygen atoms in total. The minimum absolute atomic E-state index is 0.131. The van der Waals surface area contributed by atoms with Gasteiger partial charge in [-0.2, -0.15) is 5.26 Å². The van der Waals surface area contributed by atoms with Crippen molar-refractivity contribution < 1.29 is 9.59 Å². The van der Waals surface area contributed by atoms with Gasteiger partial charge in [-0.25, -0.2) is 4.79 Å². The summed E-state index contributed by atoms with van der Waals surface area (Å²) in [5.41, 5.74) is 0.376. The van der Waals surface area contributed by atoms with E-state index in [1.807, 2.05) is 6.08 Å². The summed E-state index contributed by atoms with van der Waals surface area (Å²) in [7, 11) is 0. The molecule has 3 amide bonds. The molecule has 3 rings (SSSR count). The summed E-state index contributed by atoms with van der Waals surface area (Å²) in [5, 5.41) is 12.1.